The molecule has 2 rings (SSSR count). The van der Waals surface area contributed by atoms with E-state index in [2.05, 4.69) is 10.3 Å². The first-order chi connectivity index (χ1) is 10.9. The van der Waals surface area contributed by atoms with E-state index in [4.69, 9.17) is 4.74 Å². The molecule has 5 nitrogen and oxygen atoms in total. The highest BCUT2D eigenvalue weighted by molar-refractivity contribution is 5.89. The quantitative estimate of drug-likeness (QED) is 0.904. The number of carbonyl (C=O) groups is 1. The molecule has 23 heavy (non-hydrogen) atoms. The highest BCUT2D eigenvalue weighted by Crippen LogP contribution is 2.32. The number of amides is 2. The number of ether oxygens (including phenoxy) is 1. The predicted molar refractivity (Wildman–Crippen MR) is 78.2 cm³/mol. The van der Waals surface area contributed by atoms with Crippen molar-refractivity contribution >= 4 is 11.7 Å². The smallest absolute Gasteiger partial charge is 0.412 e. The van der Waals surface area contributed by atoms with E-state index in [9.17, 15) is 18.0 Å². The maximum atomic E-state index is 13.1. The molecule has 1 aromatic carbocycles. The number of pyridine rings is 1. The van der Waals surface area contributed by atoms with E-state index in [0.717, 1.165) is 0 Å². The van der Waals surface area contributed by atoms with Crippen molar-refractivity contribution in [2.45, 2.75) is 12.2 Å². The molecule has 0 saturated carbocycles. The van der Waals surface area contributed by atoms with Gasteiger partial charge in [-0.05, 0) is 11.6 Å². The first-order valence-electron chi connectivity index (χ1n) is 6.59. The number of hydrogen-bond donors (Lipinski definition) is 2. The van der Waals surface area contributed by atoms with Crippen LogP contribution in [0.5, 0.6) is 5.88 Å². The summed E-state index contributed by atoms with van der Waals surface area (Å²) in [6.07, 6.45) is -3.33. The molecule has 0 spiro atoms. The van der Waals surface area contributed by atoms with E-state index < -0.39 is 18.2 Å². The van der Waals surface area contributed by atoms with Gasteiger partial charge in [-0.2, -0.15) is 13.2 Å². The first-order valence-corrected chi connectivity index (χ1v) is 6.59. The van der Waals surface area contributed by atoms with Crippen molar-refractivity contribution in [1.29, 1.82) is 0 Å². The average molecular weight is 325 g/mol. The molecule has 2 aromatic rings. The number of carbonyl (C=O) groups excluding carboxylic acids is 1. The van der Waals surface area contributed by atoms with Crippen LogP contribution >= 0.6 is 0 Å². The minimum atomic E-state index is -4.61. The Labute approximate surface area is 130 Å². The molecule has 0 fully saturated rings. The van der Waals surface area contributed by atoms with Crippen LogP contribution in [-0.4, -0.2) is 24.3 Å². The van der Waals surface area contributed by atoms with Gasteiger partial charge in [0.1, 0.15) is 0 Å². The van der Waals surface area contributed by atoms with Gasteiger partial charge in [-0.3, -0.25) is 0 Å². The Hall–Kier alpha value is -2.77. The number of methoxy groups -OCH3 is 1. The summed E-state index contributed by atoms with van der Waals surface area (Å²) in [5.74, 6) is 0.327. The second kappa shape index (κ2) is 6.99. The van der Waals surface area contributed by atoms with Crippen LogP contribution in [0.15, 0.2) is 48.7 Å². The molecule has 2 amide bonds. The highest BCUT2D eigenvalue weighted by Gasteiger charge is 2.41. The summed E-state index contributed by atoms with van der Waals surface area (Å²) in [5, 5.41) is 4.21. The Morgan fingerprint density at radius 1 is 1.17 bits per heavy atom. The van der Waals surface area contributed by atoms with Gasteiger partial charge in [0.05, 0.1) is 19.0 Å². The van der Waals surface area contributed by atoms with Gasteiger partial charge in [0.25, 0.3) is 0 Å². The van der Waals surface area contributed by atoms with Crippen LogP contribution in [0.2, 0.25) is 0 Å². The van der Waals surface area contributed by atoms with Crippen LogP contribution in [0.4, 0.5) is 23.7 Å². The van der Waals surface area contributed by atoms with Gasteiger partial charge in [0.2, 0.25) is 5.88 Å². The van der Waals surface area contributed by atoms with Crippen molar-refractivity contribution in [3.05, 3.63) is 54.2 Å². The maximum absolute atomic E-state index is 13.1. The van der Waals surface area contributed by atoms with Crippen molar-refractivity contribution in [1.82, 2.24) is 10.3 Å². The fraction of sp³-hybridized carbons (Fsp3) is 0.200. The Balaban J connectivity index is 2.08. The second-order valence-electron chi connectivity index (χ2n) is 4.57. The first kappa shape index (κ1) is 16.6. The van der Waals surface area contributed by atoms with E-state index in [0.29, 0.717) is 5.88 Å². The van der Waals surface area contributed by atoms with Crippen molar-refractivity contribution in [3.8, 4) is 5.88 Å². The van der Waals surface area contributed by atoms with Crippen LogP contribution in [0.25, 0.3) is 0 Å². The SMILES string of the molecule is COc1ccc(NC(=O)N[C@H](c2ccccc2)C(F)(F)F)cn1. The summed E-state index contributed by atoms with van der Waals surface area (Å²) in [6.45, 7) is 0. The molecular formula is C15H14F3N3O2. The van der Waals surface area contributed by atoms with Gasteiger partial charge in [0, 0.05) is 6.07 Å². The molecule has 0 aliphatic rings. The topological polar surface area (TPSA) is 63.2 Å². The van der Waals surface area contributed by atoms with Crippen LogP contribution in [0.3, 0.4) is 0 Å². The molecule has 1 aromatic heterocycles. The van der Waals surface area contributed by atoms with Gasteiger partial charge in [0.15, 0.2) is 6.04 Å². The van der Waals surface area contributed by atoms with E-state index in [1.54, 1.807) is 6.07 Å². The lowest BCUT2D eigenvalue weighted by molar-refractivity contribution is -0.154. The summed E-state index contributed by atoms with van der Waals surface area (Å²) in [5.41, 5.74) is 0.195. The minimum Gasteiger partial charge on any atom is -0.481 e. The zero-order chi connectivity index (χ0) is 16.9. The van der Waals surface area contributed by atoms with Gasteiger partial charge < -0.3 is 15.4 Å². The Bertz CT molecular complexity index is 645. The fourth-order valence-electron chi connectivity index (χ4n) is 1.87. The monoisotopic (exact) mass is 325 g/mol. The summed E-state index contributed by atoms with van der Waals surface area (Å²) in [6, 6.07) is 7.01. The third-order valence-corrected chi connectivity index (χ3v) is 2.94. The van der Waals surface area contributed by atoms with Crippen molar-refractivity contribution in [2.75, 3.05) is 12.4 Å². The molecule has 0 unspecified atom stereocenters. The van der Waals surface area contributed by atoms with Crippen LogP contribution in [0.1, 0.15) is 11.6 Å². The van der Waals surface area contributed by atoms with Gasteiger partial charge in [-0.15, -0.1) is 0 Å². The molecule has 0 radical (unpaired) electrons. The van der Waals surface area contributed by atoms with Crippen LogP contribution in [-0.2, 0) is 0 Å². The summed E-state index contributed by atoms with van der Waals surface area (Å²) in [4.78, 5) is 15.7. The molecule has 0 saturated heterocycles. The lowest BCUT2D eigenvalue weighted by atomic mass is 10.1. The summed E-state index contributed by atoms with van der Waals surface area (Å²) >= 11 is 0. The zero-order valence-electron chi connectivity index (χ0n) is 12.1. The lowest BCUT2D eigenvalue weighted by Gasteiger charge is -2.22. The number of anilines is 1. The van der Waals surface area contributed by atoms with Gasteiger partial charge in [-0.1, -0.05) is 30.3 Å². The van der Waals surface area contributed by atoms with Crippen LogP contribution < -0.4 is 15.4 Å². The predicted octanol–water partition coefficient (Wildman–Crippen LogP) is 3.52. The number of aromatic nitrogens is 1. The molecule has 1 atom stereocenters. The molecule has 1 heterocycles. The number of halogens is 3. The minimum absolute atomic E-state index is 0.0528. The van der Waals surface area contributed by atoms with Gasteiger partial charge >= 0.3 is 12.2 Å². The number of rotatable bonds is 4. The molecule has 2 N–H and O–H groups in total. The van der Waals surface area contributed by atoms with E-state index in [-0.39, 0.29) is 11.3 Å². The number of urea groups is 1. The standard InChI is InChI=1S/C15H14F3N3O2/c1-23-12-8-7-11(9-19-12)20-14(22)21-13(15(16,17)18)10-5-3-2-4-6-10/h2-9,13H,1H3,(H2,20,21,22)/t13-/m1/s1. The molecular weight excluding hydrogens is 311 g/mol. The molecule has 8 heteroatoms. The Kier molecular flexibility index (Phi) is 5.05. The largest absolute Gasteiger partial charge is 0.481 e. The normalized spacial score (nSPS) is 12.3. The van der Waals surface area contributed by atoms with Crippen molar-refractivity contribution < 1.29 is 22.7 Å². The molecule has 0 bridgehead atoms. The number of nitrogens with zero attached hydrogens (tertiary/aromatic N) is 1. The molecule has 0 aliphatic carbocycles. The van der Waals surface area contributed by atoms with E-state index in [1.807, 2.05) is 5.32 Å². The van der Waals surface area contributed by atoms with E-state index >= 15 is 0 Å². The molecule has 0 aliphatic heterocycles. The summed E-state index contributed by atoms with van der Waals surface area (Å²) < 4.78 is 44.2. The number of nitrogens with one attached hydrogen (secondary N) is 2. The second-order valence-corrected chi connectivity index (χ2v) is 4.57. The van der Waals surface area contributed by atoms with Crippen molar-refractivity contribution in [2.24, 2.45) is 0 Å². The number of benzene rings is 1. The van der Waals surface area contributed by atoms with Gasteiger partial charge in [-0.25, -0.2) is 9.78 Å². The van der Waals surface area contributed by atoms with Crippen molar-refractivity contribution in [3.63, 3.8) is 0 Å². The third kappa shape index (κ3) is 4.60. The maximum Gasteiger partial charge on any atom is 0.412 e. The summed E-state index contributed by atoms with van der Waals surface area (Å²) in [7, 11) is 1.43. The third-order valence-electron chi connectivity index (χ3n) is 2.94. The fourth-order valence-corrected chi connectivity index (χ4v) is 1.87. The van der Waals surface area contributed by atoms with E-state index in [1.165, 1.54) is 49.7 Å². The lowest BCUT2D eigenvalue weighted by Crippen LogP contribution is -2.40. The molecule has 122 valence electrons. The zero-order valence-corrected chi connectivity index (χ0v) is 12.1. The number of hydrogen-bond acceptors (Lipinski definition) is 3. The average Bonchev–Trinajstić information content (AvgIpc) is 2.53. The highest BCUT2D eigenvalue weighted by atomic mass is 19.4. The Morgan fingerprint density at radius 2 is 1.87 bits per heavy atom. The Morgan fingerprint density at radius 3 is 2.39 bits per heavy atom. The van der Waals surface area contributed by atoms with Crippen LogP contribution in [0, 0.1) is 0 Å². The number of alkyl halides is 3.